The second-order valence-corrected chi connectivity index (χ2v) is 5.67. The molecule has 1 saturated heterocycles. The standard InChI is InChI=1S/C8H11N3O2S/c9-7-1-3-10-8(11-7)6-2-4-14(12,13)5-6/h1,3,6H,2,4-5H2,(H2,9,10,11). The van der Waals surface area contributed by atoms with E-state index in [1.807, 2.05) is 0 Å². The van der Waals surface area contributed by atoms with Crippen LogP contribution in [0.1, 0.15) is 18.2 Å². The summed E-state index contributed by atoms with van der Waals surface area (Å²) < 4.78 is 22.4. The maximum Gasteiger partial charge on any atom is 0.151 e. The summed E-state index contributed by atoms with van der Waals surface area (Å²) in [6.45, 7) is 0. The van der Waals surface area contributed by atoms with Gasteiger partial charge in [-0.1, -0.05) is 0 Å². The van der Waals surface area contributed by atoms with Gasteiger partial charge in [0.15, 0.2) is 9.84 Å². The first kappa shape index (κ1) is 9.39. The number of hydrogen-bond acceptors (Lipinski definition) is 5. The summed E-state index contributed by atoms with van der Waals surface area (Å²) in [7, 11) is -2.88. The molecule has 1 fully saturated rings. The summed E-state index contributed by atoms with van der Waals surface area (Å²) in [6, 6.07) is 1.59. The van der Waals surface area contributed by atoms with Crippen LogP contribution in [0.25, 0.3) is 0 Å². The van der Waals surface area contributed by atoms with Crippen molar-refractivity contribution in [3.8, 4) is 0 Å². The van der Waals surface area contributed by atoms with Crippen LogP contribution >= 0.6 is 0 Å². The molecule has 5 nitrogen and oxygen atoms in total. The predicted molar refractivity (Wildman–Crippen MR) is 52.5 cm³/mol. The Kier molecular flexibility index (Phi) is 2.14. The number of nitrogens with two attached hydrogens (primary N) is 1. The Hall–Kier alpha value is -1.17. The summed E-state index contributed by atoms with van der Waals surface area (Å²) in [6.07, 6.45) is 2.16. The van der Waals surface area contributed by atoms with Crippen LogP contribution in [0.3, 0.4) is 0 Å². The Bertz CT molecular complexity index is 444. The first-order valence-electron chi connectivity index (χ1n) is 4.36. The minimum absolute atomic E-state index is 0.0801. The Morgan fingerprint density at radius 3 is 2.86 bits per heavy atom. The monoisotopic (exact) mass is 213 g/mol. The summed E-state index contributed by atoms with van der Waals surface area (Å²) in [5.74, 6) is 1.24. The highest BCUT2D eigenvalue weighted by molar-refractivity contribution is 7.91. The number of nitrogen functional groups attached to an aromatic ring is 1. The summed E-state index contributed by atoms with van der Waals surface area (Å²) in [4.78, 5) is 8.05. The molecule has 0 aromatic carbocycles. The van der Waals surface area contributed by atoms with E-state index in [2.05, 4.69) is 9.97 Å². The molecule has 1 aromatic heterocycles. The molecule has 1 unspecified atom stereocenters. The first-order chi connectivity index (χ1) is 6.57. The summed E-state index contributed by atoms with van der Waals surface area (Å²) in [5.41, 5.74) is 5.49. The molecular formula is C8H11N3O2S. The fourth-order valence-corrected chi connectivity index (χ4v) is 3.32. The molecule has 0 aliphatic carbocycles. The van der Waals surface area contributed by atoms with Crippen LogP contribution in [0.2, 0.25) is 0 Å². The molecule has 2 heterocycles. The van der Waals surface area contributed by atoms with Crippen molar-refractivity contribution in [3.63, 3.8) is 0 Å². The number of aromatic nitrogens is 2. The highest BCUT2D eigenvalue weighted by Crippen LogP contribution is 2.26. The van der Waals surface area contributed by atoms with Crippen LogP contribution in [-0.2, 0) is 9.84 Å². The molecule has 76 valence electrons. The van der Waals surface area contributed by atoms with Gasteiger partial charge in [-0.3, -0.25) is 0 Å². The van der Waals surface area contributed by atoms with Crippen molar-refractivity contribution in [3.05, 3.63) is 18.1 Å². The van der Waals surface area contributed by atoms with E-state index in [1.54, 1.807) is 12.3 Å². The van der Waals surface area contributed by atoms with Crippen molar-refractivity contribution in [1.82, 2.24) is 9.97 Å². The quantitative estimate of drug-likeness (QED) is 0.707. The van der Waals surface area contributed by atoms with Gasteiger partial charge in [-0.15, -0.1) is 0 Å². The predicted octanol–water partition coefficient (Wildman–Crippen LogP) is -0.0391. The van der Waals surface area contributed by atoms with Gasteiger partial charge in [0.25, 0.3) is 0 Å². The van der Waals surface area contributed by atoms with Gasteiger partial charge in [0, 0.05) is 12.1 Å². The highest BCUT2D eigenvalue weighted by atomic mass is 32.2. The zero-order chi connectivity index (χ0) is 10.2. The maximum absolute atomic E-state index is 11.2. The van der Waals surface area contributed by atoms with Crippen molar-refractivity contribution in [2.24, 2.45) is 0 Å². The molecule has 1 aliphatic rings. The molecule has 0 radical (unpaired) electrons. The van der Waals surface area contributed by atoms with Gasteiger partial charge in [0.2, 0.25) is 0 Å². The Balaban J connectivity index is 2.26. The SMILES string of the molecule is Nc1ccnc(C2CCS(=O)(=O)C2)n1. The second-order valence-electron chi connectivity index (χ2n) is 3.44. The topological polar surface area (TPSA) is 85.9 Å². The third-order valence-electron chi connectivity index (χ3n) is 2.29. The average molecular weight is 213 g/mol. The van der Waals surface area contributed by atoms with Crippen LogP contribution in [-0.4, -0.2) is 29.9 Å². The number of nitrogens with zero attached hydrogens (tertiary/aromatic N) is 2. The lowest BCUT2D eigenvalue weighted by molar-refractivity contribution is 0.601. The van der Waals surface area contributed by atoms with E-state index in [0.717, 1.165) is 0 Å². The van der Waals surface area contributed by atoms with E-state index >= 15 is 0 Å². The van der Waals surface area contributed by atoms with Crippen LogP contribution in [0, 0.1) is 0 Å². The molecule has 0 saturated carbocycles. The molecule has 1 aromatic rings. The fourth-order valence-electron chi connectivity index (χ4n) is 1.58. The third kappa shape index (κ3) is 1.84. The van der Waals surface area contributed by atoms with E-state index in [9.17, 15) is 8.42 Å². The number of anilines is 1. The lowest BCUT2D eigenvalue weighted by Gasteiger charge is -2.05. The molecule has 1 aliphatic heterocycles. The molecular weight excluding hydrogens is 202 g/mol. The number of sulfone groups is 1. The third-order valence-corrected chi connectivity index (χ3v) is 4.06. The van der Waals surface area contributed by atoms with E-state index in [0.29, 0.717) is 18.1 Å². The van der Waals surface area contributed by atoms with Crippen LogP contribution in [0.4, 0.5) is 5.82 Å². The summed E-state index contributed by atoms with van der Waals surface area (Å²) >= 11 is 0. The minimum Gasteiger partial charge on any atom is -0.384 e. The zero-order valence-electron chi connectivity index (χ0n) is 7.55. The molecule has 0 spiro atoms. The first-order valence-corrected chi connectivity index (χ1v) is 6.18. The van der Waals surface area contributed by atoms with E-state index in [1.165, 1.54) is 0 Å². The number of rotatable bonds is 1. The van der Waals surface area contributed by atoms with E-state index in [4.69, 9.17) is 5.73 Å². The van der Waals surface area contributed by atoms with Crippen LogP contribution < -0.4 is 5.73 Å². The minimum atomic E-state index is -2.88. The van der Waals surface area contributed by atoms with Gasteiger partial charge in [-0.2, -0.15) is 0 Å². The largest absolute Gasteiger partial charge is 0.384 e. The summed E-state index contributed by atoms with van der Waals surface area (Å²) in [5, 5.41) is 0. The van der Waals surface area contributed by atoms with Crippen molar-refractivity contribution in [1.29, 1.82) is 0 Å². The molecule has 0 bridgehead atoms. The highest BCUT2D eigenvalue weighted by Gasteiger charge is 2.30. The number of hydrogen-bond donors (Lipinski definition) is 1. The van der Waals surface area contributed by atoms with Gasteiger partial charge in [-0.05, 0) is 12.5 Å². The van der Waals surface area contributed by atoms with Gasteiger partial charge in [0.1, 0.15) is 11.6 Å². The van der Waals surface area contributed by atoms with Crippen molar-refractivity contribution in [2.75, 3.05) is 17.2 Å². The van der Waals surface area contributed by atoms with Crippen molar-refractivity contribution in [2.45, 2.75) is 12.3 Å². The fraction of sp³-hybridized carbons (Fsp3) is 0.500. The smallest absolute Gasteiger partial charge is 0.151 e. The average Bonchev–Trinajstić information content (AvgIpc) is 2.46. The molecule has 0 amide bonds. The van der Waals surface area contributed by atoms with E-state index < -0.39 is 9.84 Å². The molecule has 2 rings (SSSR count). The van der Waals surface area contributed by atoms with Crippen LogP contribution in [0.15, 0.2) is 12.3 Å². The lowest BCUT2D eigenvalue weighted by atomic mass is 10.1. The lowest BCUT2D eigenvalue weighted by Crippen LogP contribution is -2.08. The van der Waals surface area contributed by atoms with Crippen LogP contribution in [0.5, 0.6) is 0 Å². The Morgan fingerprint density at radius 1 is 1.50 bits per heavy atom. The van der Waals surface area contributed by atoms with Gasteiger partial charge >= 0.3 is 0 Å². The maximum atomic E-state index is 11.2. The zero-order valence-corrected chi connectivity index (χ0v) is 8.37. The Morgan fingerprint density at radius 2 is 2.29 bits per heavy atom. The normalized spacial score (nSPS) is 25.0. The molecule has 1 atom stereocenters. The van der Waals surface area contributed by atoms with E-state index in [-0.39, 0.29) is 17.4 Å². The Labute approximate surface area is 82.3 Å². The van der Waals surface area contributed by atoms with Gasteiger partial charge in [-0.25, -0.2) is 18.4 Å². The van der Waals surface area contributed by atoms with Gasteiger partial charge < -0.3 is 5.73 Å². The second kappa shape index (κ2) is 3.20. The van der Waals surface area contributed by atoms with Gasteiger partial charge in [0.05, 0.1) is 11.5 Å². The molecule has 14 heavy (non-hydrogen) atoms. The van der Waals surface area contributed by atoms with Crippen molar-refractivity contribution < 1.29 is 8.42 Å². The molecule has 6 heteroatoms. The van der Waals surface area contributed by atoms with Crippen molar-refractivity contribution >= 4 is 15.7 Å². The molecule has 2 N–H and O–H groups in total.